The van der Waals surface area contributed by atoms with Crippen molar-refractivity contribution < 1.29 is 0 Å². The quantitative estimate of drug-likeness (QED) is 0.396. The van der Waals surface area contributed by atoms with Gasteiger partial charge in [0.2, 0.25) is 0 Å². The molecule has 1 aliphatic carbocycles. The molecule has 0 spiro atoms. The third kappa shape index (κ3) is 2.49. The van der Waals surface area contributed by atoms with E-state index in [4.69, 9.17) is 0 Å². The van der Waals surface area contributed by atoms with E-state index in [0.29, 0.717) is 5.92 Å². The van der Waals surface area contributed by atoms with Crippen molar-refractivity contribution in [1.82, 2.24) is 15.0 Å². The van der Waals surface area contributed by atoms with Gasteiger partial charge in [-0.3, -0.25) is 5.43 Å². The first-order valence-corrected chi connectivity index (χ1v) is 9.74. The number of hydrogen-bond acceptors (Lipinski definition) is 5. The van der Waals surface area contributed by atoms with Crippen LogP contribution in [0.5, 0.6) is 0 Å². The van der Waals surface area contributed by atoms with E-state index in [2.05, 4.69) is 44.5 Å². The summed E-state index contributed by atoms with van der Waals surface area (Å²) in [6, 6.07) is 8.21. The Labute approximate surface area is 155 Å². The molecule has 1 atom stereocenters. The Morgan fingerprint density at radius 3 is 3.19 bits per heavy atom. The summed E-state index contributed by atoms with van der Waals surface area (Å²) in [6.07, 6.45) is 9.03. The zero-order chi connectivity index (χ0) is 17.5. The van der Waals surface area contributed by atoms with Gasteiger partial charge in [0.05, 0.1) is 11.6 Å². The van der Waals surface area contributed by atoms with Crippen LogP contribution in [0.2, 0.25) is 0 Å². The maximum absolute atomic E-state index is 4.49. The molecule has 0 amide bonds. The molecule has 0 radical (unpaired) electrons. The summed E-state index contributed by atoms with van der Waals surface area (Å²) in [5, 5.41) is 6.76. The molecule has 4 aromatic rings. The molecule has 1 aromatic carbocycles. The highest BCUT2D eigenvalue weighted by Gasteiger charge is 2.24. The molecule has 2 N–H and O–H groups in total. The van der Waals surface area contributed by atoms with Gasteiger partial charge in [0.15, 0.2) is 5.82 Å². The molecule has 130 valence electrons. The van der Waals surface area contributed by atoms with E-state index in [0.717, 1.165) is 38.9 Å². The molecule has 3 aromatic heterocycles. The van der Waals surface area contributed by atoms with Gasteiger partial charge in [-0.15, -0.1) is 11.3 Å². The van der Waals surface area contributed by atoms with Gasteiger partial charge in [-0.1, -0.05) is 25.1 Å². The van der Waals surface area contributed by atoms with Crippen LogP contribution in [0.15, 0.2) is 41.9 Å². The third-order valence-corrected chi connectivity index (χ3v) is 6.50. The Morgan fingerprint density at radius 2 is 2.23 bits per heavy atom. The molecule has 1 unspecified atom stereocenters. The first-order valence-electron chi connectivity index (χ1n) is 8.92. The summed E-state index contributed by atoms with van der Waals surface area (Å²) >= 11 is 1.81. The lowest BCUT2D eigenvalue weighted by atomic mass is 9.89. The van der Waals surface area contributed by atoms with E-state index in [1.165, 1.54) is 23.3 Å². The number of nitrogens with zero attached hydrogens (tertiary/aromatic N) is 3. The molecule has 0 fully saturated rings. The molecule has 5 nitrogen and oxygen atoms in total. The monoisotopic (exact) mass is 361 g/mol. The highest BCUT2D eigenvalue weighted by molar-refractivity contribution is 7.19. The summed E-state index contributed by atoms with van der Waals surface area (Å²) in [7, 11) is 0. The van der Waals surface area contributed by atoms with Crippen LogP contribution in [0.1, 0.15) is 41.7 Å². The Kier molecular flexibility index (Phi) is 3.71. The number of thiophene rings is 1. The molecule has 0 saturated carbocycles. The topological polar surface area (TPSA) is 66.0 Å². The Hall–Kier alpha value is -2.73. The van der Waals surface area contributed by atoms with Gasteiger partial charge < -0.3 is 4.98 Å². The van der Waals surface area contributed by atoms with Gasteiger partial charge >= 0.3 is 0 Å². The zero-order valence-electron chi connectivity index (χ0n) is 14.5. The Bertz CT molecular complexity index is 1120. The highest BCUT2D eigenvalue weighted by atomic mass is 32.1. The normalized spacial score (nSPS) is 17.2. The van der Waals surface area contributed by atoms with E-state index in [-0.39, 0.29) is 0 Å². The fourth-order valence-corrected chi connectivity index (χ4v) is 5.10. The zero-order valence-corrected chi connectivity index (χ0v) is 15.3. The number of fused-ring (bicyclic) bond motifs is 4. The average Bonchev–Trinajstić information content (AvgIpc) is 3.25. The van der Waals surface area contributed by atoms with E-state index < -0.39 is 0 Å². The second kappa shape index (κ2) is 6.21. The minimum Gasteiger partial charge on any atom is -0.361 e. The van der Waals surface area contributed by atoms with Crippen molar-refractivity contribution >= 4 is 44.5 Å². The van der Waals surface area contributed by atoms with Gasteiger partial charge in [-0.25, -0.2) is 9.97 Å². The van der Waals surface area contributed by atoms with Gasteiger partial charge in [-0.2, -0.15) is 5.10 Å². The van der Waals surface area contributed by atoms with Gasteiger partial charge in [-0.05, 0) is 36.8 Å². The first kappa shape index (κ1) is 15.5. The maximum atomic E-state index is 4.49. The predicted octanol–water partition coefficient (Wildman–Crippen LogP) is 5.06. The molecule has 0 aliphatic heterocycles. The molecule has 5 rings (SSSR count). The highest BCUT2D eigenvalue weighted by Crippen LogP contribution is 2.43. The number of anilines is 1. The van der Waals surface area contributed by atoms with Crippen LogP contribution in [0.25, 0.3) is 21.1 Å². The van der Waals surface area contributed by atoms with Crippen LogP contribution >= 0.6 is 11.3 Å². The standard InChI is InChI=1S/C20H19N5S/c1-12-5-4-7-15-17-19(22-11-23-20(17)26-18(12)15)25-24-10-13-9-21-16-8-3-2-6-14(13)16/h2-3,6,8-12,21H,4-5,7H2,1H3,(H,22,23,25)/b24-10+. The van der Waals surface area contributed by atoms with Gasteiger partial charge in [0.1, 0.15) is 11.2 Å². The van der Waals surface area contributed by atoms with Gasteiger partial charge in [0.25, 0.3) is 0 Å². The van der Waals surface area contributed by atoms with Crippen LogP contribution in [0.4, 0.5) is 5.82 Å². The number of aromatic nitrogens is 3. The van der Waals surface area contributed by atoms with Crippen molar-refractivity contribution in [2.75, 3.05) is 5.43 Å². The molecular weight excluding hydrogens is 342 g/mol. The summed E-state index contributed by atoms with van der Waals surface area (Å²) in [6.45, 7) is 2.31. The summed E-state index contributed by atoms with van der Waals surface area (Å²) < 4.78 is 0. The molecule has 26 heavy (non-hydrogen) atoms. The molecule has 0 saturated heterocycles. The second-order valence-electron chi connectivity index (χ2n) is 6.80. The van der Waals surface area contributed by atoms with E-state index in [9.17, 15) is 0 Å². The van der Waals surface area contributed by atoms with Crippen molar-refractivity contribution in [3.05, 3.63) is 52.8 Å². The smallest absolute Gasteiger partial charge is 0.158 e. The number of aromatic amines is 1. The lowest BCUT2D eigenvalue weighted by Gasteiger charge is -2.18. The number of para-hydroxylation sites is 1. The van der Waals surface area contributed by atoms with Crippen molar-refractivity contribution in [3.63, 3.8) is 0 Å². The van der Waals surface area contributed by atoms with E-state index >= 15 is 0 Å². The van der Waals surface area contributed by atoms with Crippen LogP contribution in [0.3, 0.4) is 0 Å². The third-order valence-electron chi connectivity index (χ3n) is 5.13. The molecule has 0 bridgehead atoms. The summed E-state index contributed by atoms with van der Waals surface area (Å²) in [4.78, 5) is 14.7. The number of rotatable bonds is 3. The summed E-state index contributed by atoms with van der Waals surface area (Å²) in [5.74, 6) is 1.42. The van der Waals surface area contributed by atoms with E-state index in [1.807, 2.05) is 35.9 Å². The number of benzene rings is 1. The number of hydrazone groups is 1. The molecule has 3 heterocycles. The van der Waals surface area contributed by atoms with E-state index in [1.54, 1.807) is 6.33 Å². The van der Waals surface area contributed by atoms with Crippen LogP contribution in [-0.2, 0) is 6.42 Å². The molecule has 1 aliphatic rings. The molecular formula is C20H19N5S. The minimum absolute atomic E-state index is 0.612. The lowest BCUT2D eigenvalue weighted by molar-refractivity contribution is 0.604. The minimum atomic E-state index is 0.612. The van der Waals surface area contributed by atoms with Crippen LogP contribution < -0.4 is 5.43 Å². The number of H-pyrrole nitrogens is 1. The lowest BCUT2D eigenvalue weighted by Crippen LogP contribution is -2.04. The Morgan fingerprint density at radius 1 is 1.31 bits per heavy atom. The Balaban J connectivity index is 1.50. The second-order valence-corrected chi connectivity index (χ2v) is 7.83. The predicted molar refractivity (Wildman–Crippen MR) is 108 cm³/mol. The van der Waals surface area contributed by atoms with Crippen LogP contribution in [-0.4, -0.2) is 21.2 Å². The van der Waals surface area contributed by atoms with Crippen molar-refractivity contribution in [3.8, 4) is 0 Å². The number of aryl methyl sites for hydroxylation is 1. The maximum Gasteiger partial charge on any atom is 0.158 e. The van der Waals surface area contributed by atoms with Crippen molar-refractivity contribution in [1.29, 1.82) is 0 Å². The largest absolute Gasteiger partial charge is 0.361 e. The van der Waals surface area contributed by atoms with Crippen LogP contribution in [0, 0.1) is 0 Å². The SMILES string of the molecule is CC1CCCc2c1sc1ncnc(N/N=C/c3c[nH]c4ccccc34)c21. The van der Waals surface area contributed by atoms with Crippen molar-refractivity contribution in [2.24, 2.45) is 5.10 Å². The number of hydrogen-bond donors (Lipinski definition) is 2. The van der Waals surface area contributed by atoms with Gasteiger partial charge in [0, 0.05) is 27.5 Å². The first-order chi connectivity index (χ1) is 12.8. The molecule has 6 heteroatoms. The summed E-state index contributed by atoms with van der Waals surface area (Å²) in [5.41, 5.74) is 6.73. The fourth-order valence-electron chi connectivity index (χ4n) is 3.82. The van der Waals surface area contributed by atoms with Crippen molar-refractivity contribution in [2.45, 2.75) is 32.1 Å². The number of nitrogens with one attached hydrogen (secondary N) is 2. The average molecular weight is 361 g/mol. The fraction of sp³-hybridized carbons (Fsp3) is 0.250.